The third-order valence-corrected chi connectivity index (χ3v) is 3.85. The average Bonchev–Trinajstić information content (AvgIpc) is 2.60. The average molecular weight is 338 g/mol. The lowest BCUT2D eigenvalue weighted by Crippen LogP contribution is -2.40. The molecule has 0 spiro atoms. The Hall–Kier alpha value is -2.95. The molecule has 0 atom stereocenters. The van der Waals surface area contributed by atoms with Crippen LogP contribution in [0.25, 0.3) is 0 Å². The van der Waals surface area contributed by atoms with Gasteiger partial charge in [0.25, 0.3) is 0 Å². The van der Waals surface area contributed by atoms with Gasteiger partial charge in [0, 0.05) is 24.7 Å². The number of carbonyl (C=O) groups excluding carboxylic acids is 3. The van der Waals surface area contributed by atoms with Crippen molar-refractivity contribution in [1.82, 2.24) is 5.32 Å². The number of hydrogen-bond acceptors (Lipinski definition) is 3. The standard InChI is InChI=1S/C20H22N2O3/c1-15(23)18-8-10-19(11-9-18)22(16(2)24)14-20(25)21-13-12-17-6-4-3-5-7-17/h3-11H,12-14H2,1-2H3,(H,21,25). The molecule has 0 heterocycles. The highest BCUT2D eigenvalue weighted by Crippen LogP contribution is 2.15. The Morgan fingerprint density at radius 1 is 0.920 bits per heavy atom. The predicted octanol–water partition coefficient (Wildman–Crippen LogP) is 2.60. The lowest BCUT2D eigenvalue weighted by atomic mass is 10.1. The van der Waals surface area contributed by atoms with E-state index in [4.69, 9.17) is 0 Å². The van der Waals surface area contributed by atoms with Crippen LogP contribution >= 0.6 is 0 Å². The molecule has 130 valence electrons. The number of nitrogens with zero attached hydrogens (tertiary/aromatic N) is 1. The van der Waals surface area contributed by atoms with Crippen molar-refractivity contribution < 1.29 is 14.4 Å². The minimum atomic E-state index is -0.228. The molecule has 2 aromatic carbocycles. The molecule has 2 aromatic rings. The van der Waals surface area contributed by atoms with E-state index in [1.54, 1.807) is 24.3 Å². The topological polar surface area (TPSA) is 66.5 Å². The van der Waals surface area contributed by atoms with E-state index in [9.17, 15) is 14.4 Å². The van der Waals surface area contributed by atoms with Gasteiger partial charge < -0.3 is 10.2 Å². The molecule has 0 bridgehead atoms. The summed E-state index contributed by atoms with van der Waals surface area (Å²) in [6.45, 7) is 3.36. The molecule has 1 N–H and O–H groups in total. The summed E-state index contributed by atoms with van der Waals surface area (Å²) in [6.07, 6.45) is 0.736. The smallest absolute Gasteiger partial charge is 0.240 e. The first-order valence-electron chi connectivity index (χ1n) is 8.17. The van der Waals surface area contributed by atoms with Crippen LogP contribution in [0.15, 0.2) is 54.6 Å². The molecule has 2 rings (SSSR count). The van der Waals surface area contributed by atoms with E-state index in [0.29, 0.717) is 17.8 Å². The maximum absolute atomic E-state index is 12.1. The Kier molecular flexibility index (Phi) is 6.46. The van der Waals surface area contributed by atoms with Crippen LogP contribution in [0.2, 0.25) is 0 Å². The maximum Gasteiger partial charge on any atom is 0.240 e. The molecule has 25 heavy (non-hydrogen) atoms. The van der Waals surface area contributed by atoms with Crippen molar-refractivity contribution in [3.63, 3.8) is 0 Å². The molecule has 0 fully saturated rings. The number of anilines is 1. The van der Waals surface area contributed by atoms with Crippen LogP contribution in [0.3, 0.4) is 0 Å². The van der Waals surface area contributed by atoms with Gasteiger partial charge in [-0.15, -0.1) is 0 Å². The molecule has 0 aromatic heterocycles. The van der Waals surface area contributed by atoms with E-state index in [1.807, 2.05) is 30.3 Å². The van der Waals surface area contributed by atoms with E-state index < -0.39 is 0 Å². The van der Waals surface area contributed by atoms with Crippen LogP contribution < -0.4 is 10.2 Å². The number of nitrogens with one attached hydrogen (secondary N) is 1. The number of hydrogen-bond donors (Lipinski definition) is 1. The van der Waals surface area contributed by atoms with Crippen LogP contribution in [0.4, 0.5) is 5.69 Å². The molecule has 2 amide bonds. The second-order valence-corrected chi connectivity index (χ2v) is 5.79. The van der Waals surface area contributed by atoms with E-state index in [2.05, 4.69) is 5.32 Å². The van der Waals surface area contributed by atoms with Gasteiger partial charge in [0.15, 0.2) is 5.78 Å². The maximum atomic E-state index is 12.1. The second-order valence-electron chi connectivity index (χ2n) is 5.79. The monoisotopic (exact) mass is 338 g/mol. The largest absolute Gasteiger partial charge is 0.354 e. The first-order valence-corrected chi connectivity index (χ1v) is 8.17. The summed E-state index contributed by atoms with van der Waals surface area (Å²) in [4.78, 5) is 36.7. The molecule has 5 nitrogen and oxygen atoms in total. The number of carbonyl (C=O) groups is 3. The fourth-order valence-electron chi connectivity index (χ4n) is 2.45. The van der Waals surface area contributed by atoms with Crippen LogP contribution in [-0.4, -0.2) is 30.7 Å². The highest BCUT2D eigenvalue weighted by Gasteiger charge is 2.15. The first-order chi connectivity index (χ1) is 12.0. The van der Waals surface area contributed by atoms with Crippen molar-refractivity contribution in [3.8, 4) is 0 Å². The van der Waals surface area contributed by atoms with Gasteiger partial charge in [-0.3, -0.25) is 14.4 Å². The van der Waals surface area contributed by atoms with Crippen molar-refractivity contribution in [2.45, 2.75) is 20.3 Å². The lowest BCUT2D eigenvalue weighted by molar-refractivity contribution is -0.123. The van der Waals surface area contributed by atoms with Crippen LogP contribution in [0.1, 0.15) is 29.8 Å². The number of Topliss-reactive ketones (excluding diaryl/α,β-unsaturated/α-hetero) is 1. The molecule has 0 aliphatic heterocycles. The fourth-order valence-corrected chi connectivity index (χ4v) is 2.45. The van der Waals surface area contributed by atoms with E-state index in [1.165, 1.54) is 18.7 Å². The number of benzene rings is 2. The molecule has 0 unspecified atom stereocenters. The molecule has 5 heteroatoms. The Labute approximate surface area is 147 Å². The number of amides is 2. The molecule has 0 saturated carbocycles. The van der Waals surface area contributed by atoms with Crippen molar-refractivity contribution in [1.29, 1.82) is 0 Å². The summed E-state index contributed by atoms with van der Waals surface area (Å²) in [5, 5.41) is 2.83. The van der Waals surface area contributed by atoms with E-state index in [-0.39, 0.29) is 24.1 Å². The summed E-state index contributed by atoms with van der Waals surface area (Å²) in [6, 6.07) is 16.5. The molecule has 0 aliphatic carbocycles. The second kappa shape index (κ2) is 8.78. The van der Waals surface area contributed by atoms with Crippen LogP contribution in [0, 0.1) is 0 Å². The van der Waals surface area contributed by atoms with Gasteiger partial charge in [-0.2, -0.15) is 0 Å². The molecule has 0 saturated heterocycles. The van der Waals surface area contributed by atoms with E-state index >= 15 is 0 Å². The highest BCUT2D eigenvalue weighted by molar-refractivity contribution is 5.98. The summed E-state index contributed by atoms with van der Waals surface area (Å²) in [5.74, 6) is -0.491. The third-order valence-electron chi connectivity index (χ3n) is 3.85. The predicted molar refractivity (Wildman–Crippen MR) is 97.6 cm³/mol. The Morgan fingerprint density at radius 2 is 1.56 bits per heavy atom. The van der Waals surface area contributed by atoms with Crippen molar-refractivity contribution in [3.05, 3.63) is 65.7 Å². The fraction of sp³-hybridized carbons (Fsp3) is 0.250. The third kappa shape index (κ3) is 5.57. The van der Waals surface area contributed by atoms with Crippen LogP contribution in [-0.2, 0) is 16.0 Å². The number of rotatable bonds is 7. The van der Waals surface area contributed by atoms with Gasteiger partial charge in [0.2, 0.25) is 11.8 Å². The van der Waals surface area contributed by atoms with Gasteiger partial charge in [0.05, 0.1) is 0 Å². The number of ketones is 1. The summed E-state index contributed by atoms with van der Waals surface area (Å²) in [7, 11) is 0. The zero-order chi connectivity index (χ0) is 18.2. The van der Waals surface area contributed by atoms with Gasteiger partial charge in [-0.25, -0.2) is 0 Å². The quantitative estimate of drug-likeness (QED) is 0.789. The Balaban J connectivity index is 1.93. The van der Waals surface area contributed by atoms with Gasteiger partial charge in [-0.1, -0.05) is 30.3 Å². The lowest BCUT2D eigenvalue weighted by Gasteiger charge is -2.21. The molecular weight excluding hydrogens is 316 g/mol. The minimum Gasteiger partial charge on any atom is -0.354 e. The normalized spacial score (nSPS) is 10.2. The Morgan fingerprint density at radius 3 is 2.12 bits per heavy atom. The Bertz CT molecular complexity index is 739. The van der Waals surface area contributed by atoms with Crippen molar-refractivity contribution in [2.24, 2.45) is 0 Å². The summed E-state index contributed by atoms with van der Waals surface area (Å²) < 4.78 is 0. The van der Waals surface area contributed by atoms with Gasteiger partial charge in [0.1, 0.15) is 6.54 Å². The summed E-state index contributed by atoms with van der Waals surface area (Å²) >= 11 is 0. The van der Waals surface area contributed by atoms with Gasteiger partial charge in [-0.05, 0) is 43.2 Å². The molecule has 0 radical (unpaired) electrons. The SMILES string of the molecule is CC(=O)c1ccc(N(CC(=O)NCCc2ccccc2)C(C)=O)cc1. The zero-order valence-corrected chi connectivity index (χ0v) is 14.5. The first kappa shape index (κ1) is 18.4. The van der Waals surface area contributed by atoms with Crippen LogP contribution in [0.5, 0.6) is 0 Å². The molecule has 0 aliphatic rings. The minimum absolute atomic E-state index is 0.0421. The highest BCUT2D eigenvalue weighted by atomic mass is 16.2. The summed E-state index contributed by atoms with van der Waals surface area (Å²) in [5.41, 5.74) is 2.31. The van der Waals surface area contributed by atoms with Crippen molar-refractivity contribution >= 4 is 23.3 Å². The molecular formula is C20H22N2O3. The van der Waals surface area contributed by atoms with E-state index in [0.717, 1.165) is 12.0 Å². The zero-order valence-electron chi connectivity index (χ0n) is 14.5. The van der Waals surface area contributed by atoms with Gasteiger partial charge >= 0.3 is 0 Å². The van der Waals surface area contributed by atoms with Crippen molar-refractivity contribution in [2.75, 3.05) is 18.0 Å².